The van der Waals surface area contributed by atoms with Crippen molar-refractivity contribution < 1.29 is 19.4 Å². The van der Waals surface area contributed by atoms with Gasteiger partial charge in [0, 0.05) is 6.42 Å². The first-order valence-electron chi connectivity index (χ1n) is 6.28. The summed E-state index contributed by atoms with van der Waals surface area (Å²) in [6.07, 6.45) is 3.11. The Morgan fingerprint density at radius 3 is 2.89 bits per heavy atom. The van der Waals surface area contributed by atoms with Gasteiger partial charge in [0.05, 0.1) is 14.2 Å². The minimum absolute atomic E-state index is 0.271. The highest BCUT2D eigenvalue weighted by molar-refractivity contribution is 5.79. The number of methoxy groups -OCH3 is 2. The van der Waals surface area contributed by atoms with Crippen molar-refractivity contribution in [3.05, 3.63) is 35.4 Å². The highest BCUT2D eigenvalue weighted by Gasteiger charge is 2.21. The lowest BCUT2D eigenvalue weighted by Gasteiger charge is -2.20. The fraction of sp³-hybridized carbons (Fsp3) is 0.400. The van der Waals surface area contributed by atoms with Crippen molar-refractivity contribution in [3.8, 4) is 5.75 Å². The SMILES string of the molecule is COC(=O)[C@@H](O)CC1=CCCc2ccc(OC)cc21. The standard InChI is InChI=1S/C15H18O4/c1-18-12-7-6-10-4-3-5-11(13(10)9-12)8-14(16)15(17)19-2/h5-7,9,14,16H,3-4,8H2,1-2H3/t14-/m0/s1. The number of aliphatic hydroxyl groups excluding tert-OH is 1. The third-order valence-corrected chi connectivity index (χ3v) is 3.35. The van der Waals surface area contributed by atoms with Gasteiger partial charge < -0.3 is 14.6 Å². The maximum atomic E-state index is 11.3. The molecule has 2 rings (SSSR count). The van der Waals surface area contributed by atoms with Gasteiger partial charge in [-0.3, -0.25) is 0 Å². The second-order valence-electron chi connectivity index (χ2n) is 4.53. The van der Waals surface area contributed by atoms with Crippen molar-refractivity contribution in [2.24, 2.45) is 0 Å². The summed E-state index contributed by atoms with van der Waals surface area (Å²) in [6.45, 7) is 0. The van der Waals surface area contributed by atoms with Gasteiger partial charge in [-0.2, -0.15) is 0 Å². The van der Waals surface area contributed by atoms with Crippen molar-refractivity contribution >= 4 is 11.5 Å². The van der Waals surface area contributed by atoms with Crippen LogP contribution in [0.1, 0.15) is 24.0 Å². The van der Waals surface area contributed by atoms with Gasteiger partial charge >= 0.3 is 5.97 Å². The summed E-state index contributed by atoms with van der Waals surface area (Å²) in [5, 5.41) is 9.78. The normalized spacial score (nSPS) is 15.2. The predicted molar refractivity (Wildman–Crippen MR) is 71.9 cm³/mol. The molecule has 0 aliphatic heterocycles. The number of aliphatic hydroxyl groups is 1. The van der Waals surface area contributed by atoms with Crippen molar-refractivity contribution in [1.82, 2.24) is 0 Å². The Kier molecular flexibility index (Phi) is 4.22. The Morgan fingerprint density at radius 2 is 2.21 bits per heavy atom. The number of hydrogen-bond donors (Lipinski definition) is 1. The predicted octanol–water partition coefficient (Wildman–Crippen LogP) is 1.95. The lowest BCUT2D eigenvalue weighted by Crippen LogP contribution is -2.22. The third kappa shape index (κ3) is 2.96. The van der Waals surface area contributed by atoms with E-state index in [0.717, 1.165) is 29.7 Å². The van der Waals surface area contributed by atoms with Crippen LogP contribution in [-0.2, 0) is 16.0 Å². The van der Waals surface area contributed by atoms with E-state index >= 15 is 0 Å². The van der Waals surface area contributed by atoms with E-state index in [9.17, 15) is 9.90 Å². The molecule has 0 saturated carbocycles. The van der Waals surface area contributed by atoms with Crippen LogP contribution in [0.15, 0.2) is 24.3 Å². The number of allylic oxidation sites excluding steroid dienone is 1. The van der Waals surface area contributed by atoms with Gasteiger partial charge in [-0.05, 0) is 41.7 Å². The summed E-state index contributed by atoms with van der Waals surface area (Å²) in [4.78, 5) is 11.3. The quantitative estimate of drug-likeness (QED) is 0.843. The molecule has 0 aromatic heterocycles. The van der Waals surface area contributed by atoms with E-state index in [-0.39, 0.29) is 6.42 Å². The Hall–Kier alpha value is -1.81. The number of esters is 1. The molecule has 19 heavy (non-hydrogen) atoms. The molecular formula is C15H18O4. The van der Waals surface area contributed by atoms with Gasteiger partial charge in [0.15, 0.2) is 6.10 Å². The van der Waals surface area contributed by atoms with Gasteiger partial charge in [-0.25, -0.2) is 4.79 Å². The highest BCUT2D eigenvalue weighted by Crippen LogP contribution is 2.32. The summed E-state index contributed by atoms with van der Waals surface area (Å²) in [5.41, 5.74) is 3.24. The maximum Gasteiger partial charge on any atom is 0.335 e. The van der Waals surface area contributed by atoms with Gasteiger partial charge in [0.25, 0.3) is 0 Å². The molecule has 4 nitrogen and oxygen atoms in total. The van der Waals surface area contributed by atoms with E-state index in [2.05, 4.69) is 10.8 Å². The van der Waals surface area contributed by atoms with Crippen LogP contribution < -0.4 is 4.74 Å². The van der Waals surface area contributed by atoms with Crippen LogP contribution in [0.4, 0.5) is 0 Å². The molecule has 0 unspecified atom stereocenters. The number of aryl methyl sites for hydroxylation is 1. The van der Waals surface area contributed by atoms with Crippen LogP contribution in [0.3, 0.4) is 0 Å². The topological polar surface area (TPSA) is 55.8 Å². The minimum Gasteiger partial charge on any atom is -0.497 e. The first kappa shape index (κ1) is 13.6. The third-order valence-electron chi connectivity index (χ3n) is 3.35. The number of carbonyl (C=O) groups excluding carboxylic acids is 1. The first-order valence-corrected chi connectivity index (χ1v) is 6.28. The van der Waals surface area contributed by atoms with Gasteiger partial charge in [-0.15, -0.1) is 0 Å². The Balaban J connectivity index is 2.24. The van der Waals surface area contributed by atoms with E-state index in [1.165, 1.54) is 12.7 Å². The molecule has 0 saturated heterocycles. The molecule has 0 radical (unpaired) electrons. The zero-order chi connectivity index (χ0) is 13.8. The van der Waals surface area contributed by atoms with Crippen molar-refractivity contribution in [1.29, 1.82) is 0 Å². The Morgan fingerprint density at radius 1 is 1.42 bits per heavy atom. The molecule has 0 bridgehead atoms. The van der Waals surface area contributed by atoms with Crippen LogP contribution in [0.2, 0.25) is 0 Å². The second kappa shape index (κ2) is 5.89. The summed E-state index contributed by atoms with van der Waals surface area (Å²) >= 11 is 0. The lowest BCUT2D eigenvalue weighted by molar-refractivity contribution is -0.150. The van der Waals surface area contributed by atoms with Gasteiger partial charge in [0.2, 0.25) is 0 Å². The largest absolute Gasteiger partial charge is 0.497 e. The lowest BCUT2D eigenvalue weighted by atomic mass is 9.88. The van der Waals surface area contributed by atoms with E-state index in [4.69, 9.17) is 4.74 Å². The molecule has 1 aromatic rings. The molecule has 0 amide bonds. The molecule has 1 aromatic carbocycles. The molecule has 0 spiro atoms. The van der Waals surface area contributed by atoms with Crippen molar-refractivity contribution in [3.63, 3.8) is 0 Å². The molecule has 0 fully saturated rings. The molecule has 1 atom stereocenters. The van der Waals surface area contributed by atoms with E-state index in [0.29, 0.717) is 0 Å². The number of hydrogen-bond acceptors (Lipinski definition) is 4. The van der Waals surface area contributed by atoms with Gasteiger partial charge in [-0.1, -0.05) is 12.1 Å². The number of benzene rings is 1. The maximum absolute atomic E-state index is 11.3. The molecule has 102 valence electrons. The molecule has 1 aliphatic rings. The molecule has 4 heteroatoms. The number of rotatable bonds is 4. The average molecular weight is 262 g/mol. The van der Waals surface area contributed by atoms with Crippen LogP contribution in [-0.4, -0.2) is 31.4 Å². The summed E-state index contributed by atoms with van der Waals surface area (Å²) in [5.74, 6) is 0.176. The first-order chi connectivity index (χ1) is 9.15. The number of ether oxygens (including phenoxy) is 2. The Labute approximate surface area is 112 Å². The number of fused-ring (bicyclic) bond motifs is 1. The van der Waals surface area contributed by atoms with Crippen LogP contribution in [0.5, 0.6) is 5.75 Å². The summed E-state index contributed by atoms with van der Waals surface area (Å²) in [7, 11) is 2.90. The summed E-state index contributed by atoms with van der Waals surface area (Å²) in [6, 6.07) is 5.91. The zero-order valence-corrected chi connectivity index (χ0v) is 11.2. The van der Waals surface area contributed by atoms with Crippen molar-refractivity contribution in [2.75, 3.05) is 14.2 Å². The molecular weight excluding hydrogens is 244 g/mol. The molecule has 1 N–H and O–H groups in total. The average Bonchev–Trinajstić information content (AvgIpc) is 2.46. The molecule has 0 heterocycles. The number of carbonyl (C=O) groups is 1. The minimum atomic E-state index is -1.12. The molecule has 1 aliphatic carbocycles. The van der Waals surface area contributed by atoms with Crippen LogP contribution >= 0.6 is 0 Å². The zero-order valence-electron chi connectivity index (χ0n) is 11.2. The Bertz CT molecular complexity index is 505. The monoisotopic (exact) mass is 262 g/mol. The van der Waals surface area contributed by atoms with Crippen LogP contribution in [0, 0.1) is 0 Å². The van der Waals surface area contributed by atoms with E-state index < -0.39 is 12.1 Å². The van der Waals surface area contributed by atoms with Crippen LogP contribution in [0.25, 0.3) is 5.57 Å². The second-order valence-corrected chi connectivity index (χ2v) is 4.53. The smallest absolute Gasteiger partial charge is 0.335 e. The summed E-state index contributed by atoms with van der Waals surface area (Å²) < 4.78 is 9.77. The fourth-order valence-corrected chi connectivity index (χ4v) is 2.33. The highest BCUT2D eigenvalue weighted by atomic mass is 16.5. The van der Waals surface area contributed by atoms with Crippen molar-refractivity contribution in [2.45, 2.75) is 25.4 Å². The van der Waals surface area contributed by atoms with E-state index in [1.54, 1.807) is 7.11 Å². The van der Waals surface area contributed by atoms with Gasteiger partial charge in [0.1, 0.15) is 5.75 Å². The van der Waals surface area contributed by atoms with E-state index in [1.807, 2.05) is 18.2 Å². The fourth-order valence-electron chi connectivity index (χ4n) is 2.33.